The number of ether oxygens (including phenoxy) is 2. The van der Waals surface area contributed by atoms with Crippen LogP contribution in [-0.4, -0.2) is 35.8 Å². The van der Waals surface area contributed by atoms with Crippen molar-refractivity contribution in [3.8, 4) is 11.5 Å². The summed E-state index contributed by atoms with van der Waals surface area (Å²) in [7, 11) is 1.47. The van der Waals surface area contributed by atoms with Gasteiger partial charge in [-0.2, -0.15) is 4.37 Å². The first-order valence-electron chi connectivity index (χ1n) is 12.4. The molecule has 0 unspecified atom stereocenters. The summed E-state index contributed by atoms with van der Waals surface area (Å²) in [5.41, 5.74) is 12.9. The Labute approximate surface area is 235 Å². The smallest absolute Gasteiger partial charge is 0.273 e. The second-order valence-corrected chi connectivity index (χ2v) is 9.37. The molecular formula is C29H29N5O5S. The number of nitrogen functional groups attached to an aromatic ring is 1. The number of carbonyl (C=O) groups is 3. The summed E-state index contributed by atoms with van der Waals surface area (Å²) in [6.45, 7) is 2.57. The fourth-order valence-electron chi connectivity index (χ4n) is 4.15. The first-order valence-corrected chi connectivity index (χ1v) is 13.2. The minimum absolute atomic E-state index is 0.0356. The largest absolute Gasteiger partial charge is 0.495 e. The number of anilines is 2. The number of hydrogen-bond donors (Lipinski definition) is 3. The molecule has 0 aliphatic heterocycles. The van der Waals surface area contributed by atoms with Crippen molar-refractivity contribution >= 4 is 40.6 Å². The lowest BCUT2D eigenvalue weighted by atomic mass is 10.0. The maximum absolute atomic E-state index is 14.2. The van der Waals surface area contributed by atoms with Crippen LogP contribution in [0.25, 0.3) is 0 Å². The van der Waals surface area contributed by atoms with Crippen molar-refractivity contribution in [2.24, 2.45) is 5.73 Å². The van der Waals surface area contributed by atoms with Gasteiger partial charge < -0.3 is 26.3 Å². The molecule has 1 aromatic heterocycles. The van der Waals surface area contributed by atoms with Crippen molar-refractivity contribution in [3.63, 3.8) is 0 Å². The van der Waals surface area contributed by atoms with E-state index in [1.165, 1.54) is 12.0 Å². The SMILES string of the molecule is CCOc1ccc([C@@H](C(=O)NCc2ccccc2)N(C(=O)c2snc(C(N)=O)c2N)c2ccccc2OC)cc1. The highest BCUT2D eigenvalue weighted by Crippen LogP contribution is 2.38. The van der Waals surface area contributed by atoms with Gasteiger partial charge in [-0.25, -0.2) is 0 Å². The van der Waals surface area contributed by atoms with Crippen molar-refractivity contribution < 1.29 is 23.9 Å². The topological polar surface area (TPSA) is 150 Å². The number of primary amides is 1. The molecule has 1 heterocycles. The number of aromatic nitrogens is 1. The van der Waals surface area contributed by atoms with Crippen LogP contribution < -0.4 is 31.2 Å². The van der Waals surface area contributed by atoms with E-state index in [-0.39, 0.29) is 22.8 Å². The maximum Gasteiger partial charge on any atom is 0.273 e. The second kappa shape index (κ2) is 12.8. The molecule has 0 bridgehead atoms. The second-order valence-electron chi connectivity index (χ2n) is 8.59. The molecule has 0 aliphatic carbocycles. The van der Waals surface area contributed by atoms with Gasteiger partial charge in [-0.3, -0.25) is 19.3 Å². The highest BCUT2D eigenvalue weighted by molar-refractivity contribution is 7.09. The summed E-state index contributed by atoms with van der Waals surface area (Å²) < 4.78 is 15.1. The normalized spacial score (nSPS) is 11.3. The van der Waals surface area contributed by atoms with E-state index in [1.54, 1.807) is 48.5 Å². The molecule has 1 atom stereocenters. The Morgan fingerprint density at radius 3 is 2.30 bits per heavy atom. The molecule has 0 saturated heterocycles. The molecule has 4 aromatic rings. The molecule has 11 heteroatoms. The zero-order chi connectivity index (χ0) is 28.6. The molecule has 0 saturated carbocycles. The van der Waals surface area contributed by atoms with E-state index >= 15 is 0 Å². The number of amides is 3. The lowest BCUT2D eigenvalue weighted by Gasteiger charge is -2.32. The molecule has 0 radical (unpaired) electrons. The third-order valence-corrected chi connectivity index (χ3v) is 6.89. The van der Waals surface area contributed by atoms with E-state index in [1.807, 2.05) is 37.3 Å². The fraction of sp³-hybridized carbons (Fsp3) is 0.172. The third kappa shape index (κ3) is 6.05. The van der Waals surface area contributed by atoms with Crippen LogP contribution >= 0.6 is 11.5 Å². The van der Waals surface area contributed by atoms with Crippen LogP contribution in [0.15, 0.2) is 78.9 Å². The standard InChI is InChI=1S/C29H29N5O5S/c1-3-39-20-15-13-19(14-16-20)25(28(36)32-17-18-9-5-4-6-10-18)34(21-11-7-8-12-22(21)38-2)29(37)26-23(30)24(27(31)35)33-40-26/h4-16,25H,3,17,30H2,1-2H3,(H2,31,35)(H,32,36)/t25-/m0/s1. The number of hydrogen-bond acceptors (Lipinski definition) is 8. The van der Waals surface area contributed by atoms with Crippen molar-refractivity contribution in [2.75, 3.05) is 24.4 Å². The van der Waals surface area contributed by atoms with Crippen LogP contribution in [0.3, 0.4) is 0 Å². The van der Waals surface area contributed by atoms with Crippen molar-refractivity contribution in [1.82, 2.24) is 9.69 Å². The number of para-hydroxylation sites is 2. The van der Waals surface area contributed by atoms with Gasteiger partial charge >= 0.3 is 0 Å². The van der Waals surface area contributed by atoms with E-state index in [0.29, 0.717) is 29.4 Å². The molecule has 4 rings (SSSR count). The van der Waals surface area contributed by atoms with E-state index < -0.39 is 23.8 Å². The Hall–Kier alpha value is -4.90. The van der Waals surface area contributed by atoms with Crippen LogP contribution in [0, 0.1) is 0 Å². The minimum Gasteiger partial charge on any atom is -0.495 e. The summed E-state index contributed by atoms with van der Waals surface area (Å²) in [6.07, 6.45) is 0. The fourth-order valence-corrected chi connectivity index (χ4v) is 4.89. The van der Waals surface area contributed by atoms with Crippen LogP contribution in [0.4, 0.5) is 11.4 Å². The molecule has 3 amide bonds. The zero-order valence-corrected chi connectivity index (χ0v) is 22.8. The van der Waals surface area contributed by atoms with Gasteiger partial charge in [-0.15, -0.1) is 0 Å². The van der Waals surface area contributed by atoms with Gasteiger partial charge in [0.25, 0.3) is 11.8 Å². The number of benzene rings is 3. The number of carbonyl (C=O) groups excluding carboxylic acids is 3. The highest BCUT2D eigenvalue weighted by atomic mass is 32.1. The Balaban J connectivity index is 1.86. The van der Waals surface area contributed by atoms with E-state index in [2.05, 4.69) is 9.69 Å². The monoisotopic (exact) mass is 559 g/mol. The van der Waals surface area contributed by atoms with Gasteiger partial charge in [0.1, 0.15) is 22.4 Å². The van der Waals surface area contributed by atoms with Gasteiger partial charge in [0.2, 0.25) is 5.91 Å². The Morgan fingerprint density at radius 2 is 1.68 bits per heavy atom. The molecule has 0 aliphatic rings. The number of nitrogens with two attached hydrogens (primary N) is 2. The number of nitrogens with one attached hydrogen (secondary N) is 1. The van der Waals surface area contributed by atoms with Crippen LogP contribution in [-0.2, 0) is 11.3 Å². The summed E-state index contributed by atoms with van der Waals surface area (Å²) >= 11 is 0.733. The first-order chi connectivity index (χ1) is 19.3. The van der Waals surface area contributed by atoms with Crippen LogP contribution in [0.5, 0.6) is 11.5 Å². The lowest BCUT2D eigenvalue weighted by molar-refractivity contribution is -0.122. The molecule has 5 N–H and O–H groups in total. The predicted molar refractivity (Wildman–Crippen MR) is 153 cm³/mol. The highest BCUT2D eigenvalue weighted by Gasteiger charge is 2.37. The minimum atomic E-state index is -1.17. The van der Waals surface area contributed by atoms with Crippen LogP contribution in [0.1, 0.15) is 44.3 Å². The Morgan fingerprint density at radius 1 is 1.00 bits per heavy atom. The van der Waals surface area contributed by atoms with Gasteiger partial charge in [0, 0.05) is 6.54 Å². The molecule has 40 heavy (non-hydrogen) atoms. The average molecular weight is 560 g/mol. The maximum atomic E-state index is 14.2. The van der Waals surface area contributed by atoms with Gasteiger partial charge in [-0.1, -0.05) is 54.6 Å². The van der Waals surface area contributed by atoms with E-state index in [9.17, 15) is 14.4 Å². The first kappa shape index (κ1) is 28.1. The van der Waals surface area contributed by atoms with Crippen molar-refractivity contribution in [3.05, 3.63) is 101 Å². The van der Waals surface area contributed by atoms with Gasteiger partial charge in [0.15, 0.2) is 5.69 Å². The number of methoxy groups -OCH3 is 1. The third-order valence-electron chi connectivity index (χ3n) is 6.04. The summed E-state index contributed by atoms with van der Waals surface area (Å²) in [5, 5.41) is 2.95. The number of rotatable bonds is 11. The average Bonchev–Trinajstić information content (AvgIpc) is 3.37. The van der Waals surface area contributed by atoms with Crippen molar-refractivity contribution in [1.29, 1.82) is 0 Å². The molecule has 206 valence electrons. The molecule has 0 fully saturated rings. The summed E-state index contributed by atoms with van der Waals surface area (Å²) in [6, 6.07) is 22.0. The van der Waals surface area contributed by atoms with E-state index in [4.69, 9.17) is 20.9 Å². The summed E-state index contributed by atoms with van der Waals surface area (Å²) in [5.74, 6) is -1.00. The molecular weight excluding hydrogens is 530 g/mol. The number of nitrogens with zero attached hydrogens (tertiary/aromatic N) is 2. The predicted octanol–water partition coefficient (Wildman–Crippen LogP) is 3.94. The van der Waals surface area contributed by atoms with Gasteiger partial charge in [0.05, 0.1) is 25.1 Å². The quantitative estimate of drug-likeness (QED) is 0.252. The Bertz CT molecular complexity index is 1490. The molecule has 10 nitrogen and oxygen atoms in total. The lowest BCUT2D eigenvalue weighted by Crippen LogP contribution is -2.44. The Kier molecular flexibility index (Phi) is 8.97. The molecule has 3 aromatic carbocycles. The molecule has 0 spiro atoms. The summed E-state index contributed by atoms with van der Waals surface area (Å²) in [4.78, 5) is 41.3. The van der Waals surface area contributed by atoms with Crippen molar-refractivity contribution in [2.45, 2.75) is 19.5 Å². The zero-order valence-electron chi connectivity index (χ0n) is 22.0. The van der Waals surface area contributed by atoms with E-state index in [0.717, 1.165) is 17.1 Å². The van der Waals surface area contributed by atoms with Crippen LogP contribution in [0.2, 0.25) is 0 Å². The van der Waals surface area contributed by atoms with Gasteiger partial charge in [-0.05, 0) is 53.8 Å².